The van der Waals surface area contributed by atoms with Gasteiger partial charge in [-0.15, -0.1) is 0 Å². The number of carbonyl (C=O) groups is 1. The van der Waals surface area contributed by atoms with Crippen molar-refractivity contribution in [2.45, 2.75) is 25.8 Å². The highest BCUT2D eigenvalue weighted by Gasteiger charge is 2.27. The van der Waals surface area contributed by atoms with Crippen LogP contribution < -0.4 is 5.73 Å². The van der Waals surface area contributed by atoms with Crippen molar-refractivity contribution in [1.29, 1.82) is 0 Å². The summed E-state index contributed by atoms with van der Waals surface area (Å²) < 4.78 is 1.78. The Labute approximate surface area is 124 Å². The van der Waals surface area contributed by atoms with E-state index in [0.717, 1.165) is 36.8 Å². The van der Waals surface area contributed by atoms with E-state index in [4.69, 9.17) is 5.73 Å². The molecule has 0 saturated carbocycles. The number of nitrogens with two attached hydrogens (primary N) is 1. The molecule has 3 rings (SSSR count). The molecular weight excluding hydrogens is 264 g/mol. The number of carbonyl (C=O) groups excluding carboxylic acids is 1. The first kappa shape index (κ1) is 14.1. The van der Waals surface area contributed by atoms with E-state index in [9.17, 15) is 4.79 Å². The summed E-state index contributed by atoms with van der Waals surface area (Å²) in [5.74, 6) is 0.560. The Morgan fingerprint density at radius 3 is 2.67 bits per heavy atom. The average Bonchev–Trinajstić information content (AvgIpc) is 2.84. The molecule has 21 heavy (non-hydrogen) atoms. The van der Waals surface area contributed by atoms with Crippen molar-refractivity contribution < 1.29 is 4.79 Å². The van der Waals surface area contributed by atoms with Crippen LogP contribution in [-0.2, 0) is 7.05 Å². The number of aryl methyl sites for hydroxylation is 1. The number of hydrogen-bond acceptors (Lipinski definition) is 3. The highest BCUT2D eigenvalue weighted by molar-refractivity contribution is 6.04. The van der Waals surface area contributed by atoms with Gasteiger partial charge in [-0.1, -0.05) is 18.2 Å². The number of rotatable bonds is 2. The quantitative estimate of drug-likeness (QED) is 0.915. The molecule has 1 fully saturated rings. The highest BCUT2D eigenvalue weighted by atomic mass is 16.2. The molecule has 1 aromatic heterocycles. The van der Waals surface area contributed by atoms with Crippen LogP contribution in [-0.4, -0.2) is 39.7 Å². The third-order valence-electron chi connectivity index (χ3n) is 4.53. The molecule has 112 valence electrons. The summed E-state index contributed by atoms with van der Waals surface area (Å²) in [5, 5.41) is 5.35. The Morgan fingerprint density at radius 1 is 1.33 bits per heavy atom. The molecule has 5 heteroatoms. The van der Waals surface area contributed by atoms with Crippen molar-refractivity contribution in [2.75, 3.05) is 13.1 Å². The lowest BCUT2D eigenvalue weighted by atomic mass is 9.91. The molecule has 0 spiro atoms. The number of aromatic nitrogens is 2. The number of hydrogen-bond donors (Lipinski definition) is 1. The molecule has 1 aliphatic heterocycles. The van der Waals surface area contributed by atoms with Crippen molar-refractivity contribution >= 4 is 16.8 Å². The van der Waals surface area contributed by atoms with Crippen LogP contribution in [0.5, 0.6) is 0 Å². The molecule has 5 nitrogen and oxygen atoms in total. The van der Waals surface area contributed by atoms with E-state index in [1.807, 2.05) is 36.2 Å². The van der Waals surface area contributed by atoms with Crippen LogP contribution >= 0.6 is 0 Å². The first-order valence-corrected chi connectivity index (χ1v) is 7.54. The predicted molar refractivity (Wildman–Crippen MR) is 83.0 cm³/mol. The van der Waals surface area contributed by atoms with Crippen LogP contribution in [0.1, 0.15) is 30.3 Å². The Balaban J connectivity index is 1.82. The molecule has 1 aromatic carbocycles. The first-order chi connectivity index (χ1) is 10.1. The van der Waals surface area contributed by atoms with Gasteiger partial charge in [-0.25, -0.2) is 0 Å². The summed E-state index contributed by atoms with van der Waals surface area (Å²) in [6, 6.07) is 8.07. The van der Waals surface area contributed by atoms with E-state index < -0.39 is 0 Å². The van der Waals surface area contributed by atoms with Crippen LogP contribution in [0.15, 0.2) is 24.3 Å². The monoisotopic (exact) mass is 286 g/mol. The van der Waals surface area contributed by atoms with Crippen molar-refractivity contribution in [3.63, 3.8) is 0 Å². The predicted octanol–water partition coefficient (Wildman–Crippen LogP) is 1.77. The van der Waals surface area contributed by atoms with E-state index in [1.165, 1.54) is 0 Å². The summed E-state index contributed by atoms with van der Waals surface area (Å²) in [5.41, 5.74) is 7.51. The molecule has 1 aliphatic rings. The number of benzene rings is 1. The lowest BCUT2D eigenvalue weighted by Crippen LogP contribution is -2.42. The number of fused-ring (bicyclic) bond motifs is 1. The van der Waals surface area contributed by atoms with Crippen LogP contribution in [0, 0.1) is 5.92 Å². The minimum Gasteiger partial charge on any atom is -0.337 e. The lowest BCUT2D eigenvalue weighted by Gasteiger charge is -2.33. The topological polar surface area (TPSA) is 64.2 Å². The Morgan fingerprint density at radius 2 is 2.00 bits per heavy atom. The summed E-state index contributed by atoms with van der Waals surface area (Å²) in [4.78, 5) is 14.6. The molecule has 1 unspecified atom stereocenters. The van der Waals surface area contributed by atoms with E-state index in [1.54, 1.807) is 4.68 Å². The summed E-state index contributed by atoms with van der Waals surface area (Å²) >= 11 is 0. The maximum Gasteiger partial charge on any atom is 0.275 e. The average molecular weight is 286 g/mol. The van der Waals surface area contributed by atoms with Crippen molar-refractivity contribution in [3.05, 3.63) is 30.0 Å². The molecule has 0 bridgehead atoms. The van der Waals surface area contributed by atoms with Gasteiger partial charge in [-0.2, -0.15) is 5.10 Å². The maximum atomic E-state index is 12.7. The molecule has 0 radical (unpaired) electrons. The number of nitrogens with zero attached hydrogens (tertiary/aromatic N) is 3. The molecule has 2 N–H and O–H groups in total. The van der Waals surface area contributed by atoms with Crippen LogP contribution in [0.25, 0.3) is 10.9 Å². The molecule has 0 aliphatic carbocycles. The van der Waals surface area contributed by atoms with Gasteiger partial charge in [0, 0.05) is 31.6 Å². The zero-order valence-corrected chi connectivity index (χ0v) is 12.6. The first-order valence-electron chi connectivity index (χ1n) is 7.54. The number of piperidine rings is 1. The van der Waals surface area contributed by atoms with Gasteiger partial charge in [0.25, 0.3) is 5.91 Å². The van der Waals surface area contributed by atoms with E-state index in [0.29, 0.717) is 11.6 Å². The molecule has 2 aromatic rings. The molecule has 1 saturated heterocycles. The fraction of sp³-hybridized carbons (Fsp3) is 0.500. The molecule has 1 amide bonds. The number of likely N-dealkylation sites (tertiary alicyclic amines) is 1. The summed E-state index contributed by atoms with van der Waals surface area (Å²) in [7, 11) is 1.88. The fourth-order valence-electron chi connectivity index (χ4n) is 3.15. The van der Waals surface area contributed by atoms with Gasteiger partial charge in [0.05, 0.1) is 5.52 Å². The van der Waals surface area contributed by atoms with Gasteiger partial charge < -0.3 is 10.6 Å². The fourth-order valence-corrected chi connectivity index (χ4v) is 3.15. The van der Waals surface area contributed by atoms with Crippen molar-refractivity contribution in [2.24, 2.45) is 18.7 Å². The van der Waals surface area contributed by atoms with Crippen LogP contribution in [0.3, 0.4) is 0 Å². The second-order valence-electron chi connectivity index (χ2n) is 5.98. The Hall–Kier alpha value is -1.88. The molecule has 1 atom stereocenters. The summed E-state index contributed by atoms with van der Waals surface area (Å²) in [6.07, 6.45) is 1.96. The molecular formula is C16H22N4O. The van der Waals surface area contributed by atoms with Crippen LogP contribution in [0.4, 0.5) is 0 Å². The minimum absolute atomic E-state index is 0.0370. The van der Waals surface area contributed by atoms with Crippen molar-refractivity contribution in [1.82, 2.24) is 14.7 Å². The zero-order valence-electron chi connectivity index (χ0n) is 12.6. The van der Waals surface area contributed by atoms with Gasteiger partial charge in [-0.05, 0) is 31.7 Å². The lowest BCUT2D eigenvalue weighted by molar-refractivity contribution is 0.0676. The molecule has 2 heterocycles. The Kier molecular flexibility index (Phi) is 3.68. The van der Waals surface area contributed by atoms with Gasteiger partial charge in [-0.3, -0.25) is 9.48 Å². The third-order valence-corrected chi connectivity index (χ3v) is 4.53. The number of amides is 1. The van der Waals surface area contributed by atoms with Crippen molar-refractivity contribution in [3.8, 4) is 0 Å². The van der Waals surface area contributed by atoms with Gasteiger partial charge in [0.2, 0.25) is 0 Å². The second kappa shape index (κ2) is 5.48. The normalized spacial score (nSPS) is 18.1. The standard InChI is InChI=1S/C16H22N4O/c1-11(17)12-7-9-20(10-8-12)16(21)15-13-5-3-4-6-14(13)19(2)18-15/h3-6,11-12H,7-10,17H2,1-2H3. The van der Waals surface area contributed by atoms with Gasteiger partial charge >= 0.3 is 0 Å². The highest BCUT2D eigenvalue weighted by Crippen LogP contribution is 2.23. The van der Waals surface area contributed by atoms with E-state index in [2.05, 4.69) is 12.0 Å². The summed E-state index contributed by atoms with van der Waals surface area (Å²) in [6.45, 7) is 3.60. The van der Waals surface area contributed by atoms with Crippen LogP contribution in [0.2, 0.25) is 0 Å². The van der Waals surface area contributed by atoms with E-state index in [-0.39, 0.29) is 11.9 Å². The Bertz CT molecular complexity index is 653. The van der Waals surface area contributed by atoms with E-state index >= 15 is 0 Å². The van der Waals surface area contributed by atoms with Gasteiger partial charge in [0.1, 0.15) is 0 Å². The van der Waals surface area contributed by atoms with Gasteiger partial charge in [0.15, 0.2) is 5.69 Å². The minimum atomic E-state index is 0.0370. The maximum absolute atomic E-state index is 12.7. The largest absolute Gasteiger partial charge is 0.337 e. The zero-order chi connectivity index (χ0) is 15.0. The smallest absolute Gasteiger partial charge is 0.275 e. The third kappa shape index (κ3) is 2.53. The number of para-hydroxylation sites is 1. The second-order valence-corrected chi connectivity index (χ2v) is 5.98. The SMILES string of the molecule is CC(N)C1CCN(C(=O)c2nn(C)c3ccccc23)CC1.